The van der Waals surface area contributed by atoms with Crippen LogP contribution in [0.3, 0.4) is 0 Å². The number of rotatable bonds is 22. The van der Waals surface area contributed by atoms with E-state index in [2.05, 4.69) is 20.8 Å². The molecule has 0 aliphatic heterocycles. The van der Waals surface area contributed by atoms with Crippen molar-refractivity contribution in [2.24, 2.45) is 0 Å². The lowest BCUT2D eigenvalue weighted by molar-refractivity contribution is -0.384. The summed E-state index contributed by atoms with van der Waals surface area (Å²) in [6, 6.07) is 0. The zero-order chi connectivity index (χ0) is 20.1. The fourth-order valence-electron chi connectivity index (χ4n) is 2.93. The summed E-state index contributed by atoms with van der Waals surface area (Å²) in [5, 5.41) is 0. The molecule has 0 heterocycles. The first-order chi connectivity index (χ1) is 13.2. The summed E-state index contributed by atoms with van der Waals surface area (Å²) in [7, 11) is 1.78. The van der Waals surface area contributed by atoms with Crippen LogP contribution in [-0.4, -0.2) is 39.5 Å². The van der Waals surface area contributed by atoms with Gasteiger partial charge < -0.3 is 18.9 Å². The van der Waals surface area contributed by atoms with Gasteiger partial charge in [0, 0.05) is 20.1 Å². The molecule has 0 saturated heterocycles. The molecule has 0 unspecified atom stereocenters. The highest BCUT2D eigenvalue weighted by atomic mass is 16.9. The molecule has 0 N–H and O–H groups in total. The number of unbranched alkanes of at least 4 members (excludes halogenated alkanes) is 9. The van der Waals surface area contributed by atoms with Crippen LogP contribution in [0.1, 0.15) is 111 Å². The van der Waals surface area contributed by atoms with Crippen molar-refractivity contribution >= 4 is 0 Å². The van der Waals surface area contributed by atoms with Gasteiger partial charge in [0.1, 0.15) is 0 Å². The summed E-state index contributed by atoms with van der Waals surface area (Å²) in [5.41, 5.74) is 0. The lowest BCUT2D eigenvalue weighted by Crippen LogP contribution is -2.40. The topological polar surface area (TPSA) is 36.9 Å². The van der Waals surface area contributed by atoms with Crippen molar-refractivity contribution in [3.8, 4) is 0 Å². The van der Waals surface area contributed by atoms with Crippen LogP contribution in [0.2, 0.25) is 0 Å². The normalized spacial score (nSPS) is 12.0. The fraction of sp³-hybridized carbons (Fsp3) is 1.00. The summed E-state index contributed by atoms with van der Waals surface area (Å²) in [4.78, 5) is 0. The Hall–Kier alpha value is -0.160. The van der Waals surface area contributed by atoms with Gasteiger partial charge in [-0.3, -0.25) is 0 Å². The molecule has 0 rings (SSSR count). The van der Waals surface area contributed by atoms with Crippen LogP contribution in [0.4, 0.5) is 0 Å². The Kier molecular flexibility index (Phi) is 20.4. The first-order valence-electron chi connectivity index (χ1n) is 11.7. The van der Waals surface area contributed by atoms with Crippen LogP contribution < -0.4 is 0 Å². The predicted octanol–water partition coefficient (Wildman–Crippen LogP) is 6.86. The molecule has 0 radical (unpaired) electrons. The van der Waals surface area contributed by atoms with Gasteiger partial charge in [0.05, 0.1) is 19.8 Å². The number of methoxy groups -OCH3 is 1. The first kappa shape index (κ1) is 26.8. The average Bonchev–Trinajstić information content (AvgIpc) is 2.67. The molecule has 4 nitrogen and oxygen atoms in total. The fourth-order valence-corrected chi connectivity index (χ4v) is 2.93. The Morgan fingerprint density at radius 1 is 0.481 bits per heavy atom. The largest absolute Gasteiger partial charge is 0.385 e. The maximum Gasteiger partial charge on any atom is 0.282 e. The first-order valence-corrected chi connectivity index (χ1v) is 11.7. The second-order valence-corrected chi connectivity index (χ2v) is 7.51. The van der Waals surface area contributed by atoms with Crippen molar-refractivity contribution in [1.82, 2.24) is 0 Å². The molecule has 0 bridgehead atoms. The molecule has 0 spiro atoms. The van der Waals surface area contributed by atoms with Crippen molar-refractivity contribution in [2.75, 3.05) is 33.5 Å². The second-order valence-electron chi connectivity index (χ2n) is 7.51. The van der Waals surface area contributed by atoms with Gasteiger partial charge in [-0.1, -0.05) is 72.1 Å². The maximum atomic E-state index is 6.18. The molecule has 4 heteroatoms. The van der Waals surface area contributed by atoms with E-state index in [0.717, 1.165) is 58.0 Å². The standard InChI is InChI=1S/C23H48O4/c1-5-8-20-25-23(26-21-9-6-2,27-22-10-7-3)18-16-14-12-11-13-15-17-19-24-4/h5-22H2,1-4H3. The van der Waals surface area contributed by atoms with E-state index in [1.54, 1.807) is 7.11 Å². The van der Waals surface area contributed by atoms with Crippen molar-refractivity contribution in [2.45, 2.75) is 117 Å². The number of hydrogen-bond acceptors (Lipinski definition) is 4. The second kappa shape index (κ2) is 20.6. The summed E-state index contributed by atoms with van der Waals surface area (Å²) in [6.45, 7) is 9.60. The Balaban J connectivity index is 4.32. The molecule has 0 saturated carbocycles. The monoisotopic (exact) mass is 388 g/mol. The summed E-state index contributed by atoms with van der Waals surface area (Å²) in [6.07, 6.45) is 16.1. The zero-order valence-electron chi connectivity index (χ0n) is 18.9. The molecule has 164 valence electrons. The number of ether oxygens (including phenoxy) is 4. The molecule has 0 aliphatic carbocycles. The lowest BCUT2D eigenvalue weighted by atomic mass is 10.1. The summed E-state index contributed by atoms with van der Waals surface area (Å²) >= 11 is 0. The van der Waals surface area contributed by atoms with E-state index in [0.29, 0.717) is 19.8 Å². The maximum absolute atomic E-state index is 6.18. The van der Waals surface area contributed by atoms with Crippen LogP contribution in [0.5, 0.6) is 0 Å². The lowest BCUT2D eigenvalue weighted by Gasteiger charge is -2.33. The van der Waals surface area contributed by atoms with Crippen LogP contribution in [0.15, 0.2) is 0 Å². The van der Waals surface area contributed by atoms with Crippen LogP contribution in [0, 0.1) is 0 Å². The van der Waals surface area contributed by atoms with Gasteiger partial charge in [0.25, 0.3) is 5.97 Å². The van der Waals surface area contributed by atoms with E-state index < -0.39 is 5.97 Å². The molecule has 0 amide bonds. The van der Waals surface area contributed by atoms with Gasteiger partial charge in [-0.2, -0.15) is 0 Å². The van der Waals surface area contributed by atoms with Crippen molar-refractivity contribution in [1.29, 1.82) is 0 Å². The van der Waals surface area contributed by atoms with Gasteiger partial charge in [-0.25, -0.2) is 0 Å². The minimum atomic E-state index is -0.821. The van der Waals surface area contributed by atoms with E-state index >= 15 is 0 Å². The Bertz CT molecular complexity index is 257. The molecular formula is C23H48O4. The third kappa shape index (κ3) is 16.5. The zero-order valence-corrected chi connectivity index (χ0v) is 18.9. The van der Waals surface area contributed by atoms with E-state index in [9.17, 15) is 0 Å². The number of hydrogen-bond donors (Lipinski definition) is 0. The highest BCUT2D eigenvalue weighted by Crippen LogP contribution is 2.26. The third-order valence-corrected chi connectivity index (χ3v) is 4.79. The Labute approximate surface area is 169 Å². The average molecular weight is 389 g/mol. The van der Waals surface area contributed by atoms with Gasteiger partial charge in [0.15, 0.2) is 0 Å². The van der Waals surface area contributed by atoms with Crippen LogP contribution in [0.25, 0.3) is 0 Å². The SMILES string of the molecule is CCCCOC(CCCCCCCCCOC)(OCCCC)OCCCC. The van der Waals surface area contributed by atoms with Crippen LogP contribution in [-0.2, 0) is 18.9 Å². The molecule has 0 aromatic carbocycles. The minimum Gasteiger partial charge on any atom is -0.385 e. The minimum absolute atomic E-state index is 0.717. The summed E-state index contributed by atoms with van der Waals surface area (Å²) in [5.74, 6) is -0.821. The van der Waals surface area contributed by atoms with Crippen molar-refractivity contribution < 1.29 is 18.9 Å². The molecule has 0 aromatic heterocycles. The smallest absolute Gasteiger partial charge is 0.282 e. The van der Waals surface area contributed by atoms with Crippen molar-refractivity contribution in [3.63, 3.8) is 0 Å². The molecular weight excluding hydrogens is 340 g/mol. The molecule has 0 aliphatic rings. The molecule has 0 atom stereocenters. The quantitative estimate of drug-likeness (QED) is 0.150. The summed E-state index contributed by atoms with van der Waals surface area (Å²) < 4.78 is 23.6. The van der Waals surface area contributed by atoms with Crippen molar-refractivity contribution in [3.05, 3.63) is 0 Å². The van der Waals surface area contributed by atoms with E-state index in [4.69, 9.17) is 18.9 Å². The predicted molar refractivity (Wildman–Crippen MR) is 114 cm³/mol. The van der Waals surface area contributed by atoms with Gasteiger partial charge in [-0.15, -0.1) is 0 Å². The van der Waals surface area contributed by atoms with Crippen LogP contribution >= 0.6 is 0 Å². The highest BCUT2D eigenvalue weighted by Gasteiger charge is 2.32. The highest BCUT2D eigenvalue weighted by molar-refractivity contribution is 4.61. The van der Waals surface area contributed by atoms with Gasteiger partial charge >= 0.3 is 0 Å². The third-order valence-electron chi connectivity index (χ3n) is 4.79. The Morgan fingerprint density at radius 3 is 1.30 bits per heavy atom. The molecule has 0 aromatic rings. The Morgan fingerprint density at radius 2 is 0.889 bits per heavy atom. The van der Waals surface area contributed by atoms with E-state index in [-0.39, 0.29) is 0 Å². The molecule has 0 fully saturated rings. The molecule has 27 heavy (non-hydrogen) atoms. The van der Waals surface area contributed by atoms with Gasteiger partial charge in [-0.05, 0) is 32.1 Å². The van der Waals surface area contributed by atoms with E-state index in [1.807, 2.05) is 0 Å². The van der Waals surface area contributed by atoms with E-state index in [1.165, 1.54) is 38.5 Å². The van der Waals surface area contributed by atoms with Gasteiger partial charge in [0.2, 0.25) is 0 Å².